The number of fused-ring (bicyclic) bond motifs is 1. The molecule has 0 fully saturated rings. The molecule has 3 heterocycles. The predicted octanol–water partition coefficient (Wildman–Crippen LogP) is 4.64. The van der Waals surface area contributed by atoms with Crippen LogP contribution >= 0.6 is 22.7 Å². The SMILES string of the molecule is O=C(O)C1=C(C(=O)Cc2sc3c(c2-c2nc(C(F)(F)F)cs2)CCOC3)CCC1. The maximum atomic E-state index is 13.0. The van der Waals surface area contributed by atoms with Crippen molar-refractivity contribution in [2.45, 2.75) is 44.9 Å². The third-order valence-electron chi connectivity index (χ3n) is 5.04. The summed E-state index contributed by atoms with van der Waals surface area (Å²) >= 11 is 2.24. The number of ether oxygens (including phenoxy) is 1. The monoisotopic (exact) mass is 443 g/mol. The van der Waals surface area contributed by atoms with Gasteiger partial charge in [0.1, 0.15) is 5.01 Å². The van der Waals surface area contributed by atoms with Crippen LogP contribution in [0.1, 0.15) is 40.3 Å². The van der Waals surface area contributed by atoms with Gasteiger partial charge in [0.25, 0.3) is 0 Å². The molecule has 154 valence electrons. The molecular weight excluding hydrogens is 427 g/mol. The van der Waals surface area contributed by atoms with Crippen LogP contribution < -0.4 is 0 Å². The molecule has 4 rings (SSSR count). The van der Waals surface area contributed by atoms with Gasteiger partial charge in [-0.1, -0.05) is 0 Å². The minimum absolute atomic E-state index is 0.0416. The molecule has 2 aromatic heterocycles. The quantitative estimate of drug-likeness (QED) is 0.729. The van der Waals surface area contributed by atoms with E-state index in [2.05, 4.69) is 4.98 Å². The van der Waals surface area contributed by atoms with Crippen molar-refractivity contribution in [2.75, 3.05) is 6.61 Å². The van der Waals surface area contributed by atoms with E-state index >= 15 is 0 Å². The van der Waals surface area contributed by atoms with Crippen molar-refractivity contribution in [3.63, 3.8) is 0 Å². The summed E-state index contributed by atoms with van der Waals surface area (Å²) < 4.78 is 44.5. The van der Waals surface area contributed by atoms with Gasteiger partial charge in [0.05, 0.1) is 13.2 Å². The van der Waals surface area contributed by atoms with Gasteiger partial charge in [-0.3, -0.25) is 4.79 Å². The number of aliphatic carboxylic acids is 1. The van der Waals surface area contributed by atoms with Crippen molar-refractivity contribution >= 4 is 34.4 Å². The van der Waals surface area contributed by atoms with Crippen molar-refractivity contribution in [1.29, 1.82) is 0 Å². The molecule has 0 spiro atoms. The lowest BCUT2D eigenvalue weighted by atomic mass is 9.99. The Kier molecular flexibility index (Phi) is 5.34. The molecule has 0 aromatic carbocycles. The number of hydrogen-bond donors (Lipinski definition) is 1. The number of rotatable bonds is 5. The highest BCUT2D eigenvalue weighted by molar-refractivity contribution is 7.15. The van der Waals surface area contributed by atoms with Crippen LogP contribution in [-0.2, 0) is 40.0 Å². The molecule has 0 atom stereocenters. The Morgan fingerprint density at radius 2 is 1.97 bits per heavy atom. The summed E-state index contributed by atoms with van der Waals surface area (Å²) in [6, 6.07) is 0. The number of ketones is 1. The van der Waals surface area contributed by atoms with Crippen molar-refractivity contribution < 1.29 is 32.6 Å². The number of alkyl halides is 3. The molecule has 2 aliphatic rings. The first-order chi connectivity index (χ1) is 13.8. The zero-order valence-corrected chi connectivity index (χ0v) is 16.7. The molecular formula is C19H16F3NO4S2. The first-order valence-corrected chi connectivity index (χ1v) is 10.7. The number of nitrogens with zero attached hydrogens (tertiary/aromatic N) is 1. The molecule has 1 N–H and O–H groups in total. The van der Waals surface area contributed by atoms with E-state index < -0.39 is 17.8 Å². The molecule has 2 aromatic rings. The second-order valence-corrected chi connectivity index (χ2v) is 8.90. The van der Waals surface area contributed by atoms with E-state index in [0.717, 1.165) is 27.2 Å². The van der Waals surface area contributed by atoms with Gasteiger partial charge in [-0.05, 0) is 31.2 Å². The van der Waals surface area contributed by atoms with E-state index in [0.29, 0.717) is 54.9 Å². The second-order valence-electron chi connectivity index (χ2n) is 6.86. The highest BCUT2D eigenvalue weighted by atomic mass is 32.1. The molecule has 10 heteroatoms. The fraction of sp³-hybridized carbons (Fsp3) is 0.421. The summed E-state index contributed by atoms with van der Waals surface area (Å²) in [6.07, 6.45) is -2.64. The lowest BCUT2D eigenvalue weighted by Crippen LogP contribution is -2.10. The van der Waals surface area contributed by atoms with Gasteiger partial charge in [-0.2, -0.15) is 13.2 Å². The van der Waals surface area contributed by atoms with Crippen molar-refractivity contribution in [3.05, 3.63) is 37.5 Å². The van der Waals surface area contributed by atoms with E-state index in [4.69, 9.17) is 4.74 Å². The Morgan fingerprint density at radius 3 is 2.66 bits per heavy atom. The molecule has 0 amide bonds. The number of thiazole rings is 1. The zero-order valence-electron chi connectivity index (χ0n) is 15.1. The van der Waals surface area contributed by atoms with Crippen LogP contribution in [-0.4, -0.2) is 28.4 Å². The third kappa shape index (κ3) is 3.88. The Balaban J connectivity index is 1.73. The summed E-state index contributed by atoms with van der Waals surface area (Å²) in [6.45, 7) is 0.803. The topological polar surface area (TPSA) is 76.5 Å². The van der Waals surface area contributed by atoms with E-state index in [1.807, 2.05) is 0 Å². The minimum Gasteiger partial charge on any atom is -0.478 e. The summed E-state index contributed by atoms with van der Waals surface area (Å²) in [4.78, 5) is 29.5. The zero-order chi connectivity index (χ0) is 20.8. The summed E-state index contributed by atoms with van der Waals surface area (Å²) in [5.41, 5.74) is 0.980. The fourth-order valence-corrected chi connectivity index (χ4v) is 6.00. The Hall–Kier alpha value is -2.04. The molecule has 0 radical (unpaired) electrons. The number of aromatic nitrogens is 1. The molecule has 0 saturated heterocycles. The number of carboxylic acid groups (broad SMARTS) is 1. The molecule has 0 bridgehead atoms. The van der Waals surface area contributed by atoms with Crippen LogP contribution in [0.5, 0.6) is 0 Å². The van der Waals surface area contributed by atoms with Crippen LogP contribution in [0.15, 0.2) is 16.5 Å². The molecule has 0 saturated carbocycles. The van der Waals surface area contributed by atoms with E-state index in [9.17, 15) is 27.9 Å². The number of thiophene rings is 1. The summed E-state index contributed by atoms with van der Waals surface area (Å²) in [5.74, 6) is -1.37. The maximum absolute atomic E-state index is 13.0. The fourth-order valence-electron chi connectivity index (χ4n) is 3.72. The normalized spacial score (nSPS) is 16.9. The van der Waals surface area contributed by atoms with Crippen LogP contribution in [0.3, 0.4) is 0 Å². The van der Waals surface area contributed by atoms with Gasteiger partial charge < -0.3 is 9.84 Å². The Labute approximate surface area is 171 Å². The van der Waals surface area contributed by atoms with Crippen LogP contribution in [0, 0.1) is 0 Å². The lowest BCUT2D eigenvalue weighted by Gasteiger charge is -2.13. The highest BCUT2D eigenvalue weighted by Crippen LogP contribution is 2.43. The average molecular weight is 443 g/mol. The van der Waals surface area contributed by atoms with Crippen LogP contribution in [0.2, 0.25) is 0 Å². The molecule has 29 heavy (non-hydrogen) atoms. The third-order valence-corrected chi connectivity index (χ3v) is 7.10. The van der Waals surface area contributed by atoms with Crippen molar-refractivity contribution in [3.8, 4) is 10.6 Å². The highest BCUT2D eigenvalue weighted by Gasteiger charge is 2.35. The van der Waals surface area contributed by atoms with Crippen LogP contribution in [0.25, 0.3) is 10.6 Å². The molecule has 1 aliphatic heterocycles. The number of carboxylic acids is 1. The van der Waals surface area contributed by atoms with E-state index in [1.54, 1.807) is 0 Å². The van der Waals surface area contributed by atoms with Gasteiger partial charge in [-0.15, -0.1) is 22.7 Å². The maximum Gasteiger partial charge on any atom is 0.434 e. The van der Waals surface area contributed by atoms with Crippen molar-refractivity contribution in [1.82, 2.24) is 4.98 Å². The largest absolute Gasteiger partial charge is 0.478 e. The van der Waals surface area contributed by atoms with Crippen LogP contribution in [0.4, 0.5) is 13.2 Å². The number of halogens is 3. The van der Waals surface area contributed by atoms with Gasteiger partial charge >= 0.3 is 12.1 Å². The van der Waals surface area contributed by atoms with Gasteiger partial charge in [0.15, 0.2) is 11.5 Å². The van der Waals surface area contributed by atoms with E-state index in [1.165, 1.54) is 11.3 Å². The van der Waals surface area contributed by atoms with Gasteiger partial charge in [-0.25, -0.2) is 9.78 Å². The smallest absolute Gasteiger partial charge is 0.434 e. The Morgan fingerprint density at radius 1 is 1.21 bits per heavy atom. The summed E-state index contributed by atoms with van der Waals surface area (Å²) in [5, 5.41) is 10.5. The second kappa shape index (κ2) is 7.66. The van der Waals surface area contributed by atoms with Gasteiger partial charge in [0.2, 0.25) is 0 Å². The van der Waals surface area contributed by atoms with Gasteiger partial charge in [0, 0.05) is 38.3 Å². The van der Waals surface area contributed by atoms with E-state index in [-0.39, 0.29) is 22.8 Å². The molecule has 0 unspecified atom stereocenters. The number of carbonyl (C=O) groups is 2. The number of Topliss-reactive ketones (excluding diaryl/α,β-unsaturated/α-hetero) is 1. The lowest BCUT2D eigenvalue weighted by molar-refractivity contribution is -0.140. The number of carbonyl (C=O) groups excluding carboxylic acids is 1. The Bertz CT molecular complexity index is 1020. The minimum atomic E-state index is -4.53. The summed E-state index contributed by atoms with van der Waals surface area (Å²) in [7, 11) is 0. The molecule has 5 nitrogen and oxygen atoms in total. The number of allylic oxidation sites excluding steroid dienone is 1. The standard InChI is InChI=1S/C19H16F3NO4S2/c20-19(21,22)15-8-28-17(23-15)16-11-4-5-27-7-14(11)29-13(16)6-12(24)9-2-1-3-10(9)18(25)26/h8H,1-7H2,(H,25,26). The molecule has 1 aliphatic carbocycles. The predicted molar refractivity (Wildman–Crippen MR) is 101 cm³/mol. The first kappa shape index (κ1) is 20.2. The first-order valence-electron chi connectivity index (χ1n) is 8.98. The number of hydrogen-bond acceptors (Lipinski definition) is 6. The average Bonchev–Trinajstić information content (AvgIpc) is 3.38. The van der Waals surface area contributed by atoms with Crippen molar-refractivity contribution in [2.24, 2.45) is 0 Å².